The highest BCUT2D eigenvalue weighted by Crippen LogP contribution is 2.48. The van der Waals surface area contributed by atoms with Crippen molar-refractivity contribution in [2.24, 2.45) is 5.73 Å². The summed E-state index contributed by atoms with van der Waals surface area (Å²) in [5.74, 6) is -1.84. The second kappa shape index (κ2) is 8.67. The van der Waals surface area contributed by atoms with Crippen LogP contribution in [0.15, 0.2) is 24.3 Å². The minimum absolute atomic E-state index is 0.0289. The molecule has 4 N–H and O–H groups in total. The molecular weight excluding hydrogens is 325 g/mol. The van der Waals surface area contributed by atoms with Gasteiger partial charge in [0, 0.05) is 13.5 Å². The highest BCUT2D eigenvalue weighted by molar-refractivity contribution is 7.54. The van der Waals surface area contributed by atoms with Gasteiger partial charge in [0.15, 0.2) is 0 Å². The highest BCUT2D eigenvalue weighted by atomic mass is 31.2. The van der Waals surface area contributed by atoms with Crippen LogP contribution in [0.3, 0.4) is 0 Å². The Hall–Kier alpha value is -1.89. The summed E-state index contributed by atoms with van der Waals surface area (Å²) in [7, 11) is -2.32. The second-order valence-corrected chi connectivity index (χ2v) is 7.10. The average molecular weight is 345 g/mol. The SMILES string of the molecule is COP(=O)(CCC(N)C(=O)O)Oc1cccc(CCC(=O)O)c1. The van der Waals surface area contributed by atoms with Crippen LogP contribution in [0.1, 0.15) is 18.4 Å². The van der Waals surface area contributed by atoms with E-state index >= 15 is 0 Å². The lowest BCUT2D eigenvalue weighted by atomic mass is 10.1. The summed E-state index contributed by atoms with van der Waals surface area (Å²) in [5.41, 5.74) is 6.09. The summed E-state index contributed by atoms with van der Waals surface area (Å²) in [5, 5.41) is 17.4. The monoisotopic (exact) mass is 345 g/mol. The van der Waals surface area contributed by atoms with Crippen LogP contribution in [0.25, 0.3) is 0 Å². The maximum atomic E-state index is 12.5. The fourth-order valence-electron chi connectivity index (χ4n) is 1.76. The minimum Gasteiger partial charge on any atom is -0.481 e. The van der Waals surface area contributed by atoms with Gasteiger partial charge < -0.3 is 25.0 Å². The highest BCUT2D eigenvalue weighted by Gasteiger charge is 2.27. The van der Waals surface area contributed by atoms with Crippen molar-refractivity contribution in [1.82, 2.24) is 0 Å². The third-order valence-electron chi connectivity index (χ3n) is 3.08. The molecule has 128 valence electrons. The third-order valence-corrected chi connectivity index (χ3v) is 4.93. The fraction of sp³-hybridized carbons (Fsp3) is 0.429. The van der Waals surface area contributed by atoms with Gasteiger partial charge in [-0.15, -0.1) is 0 Å². The normalized spacial score (nSPS) is 14.7. The van der Waals surface area contributed by atoms with Gasteiger partial charge in [-0.2, -0.15) is 0 Å². The molecular formula is C14H20NO7P. The van der Waals surface area contributed by atoms with E-state index < -0.39 is 25.6 Å². The van der Waals surface area contributed by atoms with Crippen LogP contribution in [0.4, 0.5) is 0 Å². The molecule has 0 saturated carbocycles. The number of rotatable bonds is 10. The molecule has 1 rings (SSSR count). The molecule has 2 unspecified atom stereocenters. The molecule has 0 amide bonds. The zero-order valence-corrected chi connectivity index (χ0v) is 13.6. The van der Waals surface area contributed by atoms with Crippen LogP contribution >= 0.6 is 7.60 Å². The predicted molar refractivity (Wildman–Crippen MR) is 82.7 cm³/mol. The molecule has 0 aliphatic rings. The standard InChI is InChI=1S/C14H20NO7P/c1-21-23(20,8-7-12(15)14(18)19)22-11-4-2-3-10(9-11)5-6-13(16)17/h2-4,9,12H,5-8,15H2,1H3,(H,16,17)(H,18,19). The largest absolute Gasteiger partial charge is 0.481 e. The molecule has 0 heterocycles. The zero-order chi connectivity index (χ0) is 17.5. The summed E-state index contributed by atoms with van der Waals surface area (Å²) < 4.78 is 22.7. The van der Waals surface area contributed by atoms with Crippen molar-refractivity contribution in [3.63, 3.8) is 0 Å². The number of benzene rings is 1. The molecule has 0 fully saturated rings. The van der Waals surface area contributed by atoms with Crippen molar-refractivity contribution < 1.29 is 33.4 Å². The van der Waals surface area contributed by atoms with Crippen LogP contribution in [-0.2, 0) is 25.1 Å². The minimum atomic E-state index is -3.53. The lowest BCUT2D eigenvalue weighted by Gasteiger charge is -2.18. The van der Waals surface area contributed by atoms with Crippen molar-refractivity contribution in [2.45, 2.75) is 25.3 Å². The van der Waals surface area contributed by atoms with Gasteiger partial charge in [0.1, 0.15) is 11.8 Å². The molecule has 0 aromatic heterocycles. The van der Waals surface area contributed by atoms with E-state index in [1.165, 1.54) is 7.11 Å². The smallest absolute Gasteiger partial charge is 0.378 e. The zero-order valence-electron chi connectivity index (χ0n) is 12.7. The Morgan fingerprint density at radius 1 is 1.35 bits per heavy atom. The molecule has 0 bridgehead atoms. The topological polar surface area (TPSA) is 136 Å². The number of carboxylic acid groups (broad SMARTS) is 2. The maximum Gasteiger partial charge on any atom is 0.378 e. The lowest BCUT2D eigenvalue weighted by Crippen LogP contribution is -2.31. The number of carbonyl (C=O) groups is 2. The fourth-order valence-corrected chi connectivity index (χ4v) is 3.14. The van der Waals surface area contributed by atoms with Crippen LogP contribution < -0.4 is 10.3 Å². The number of aryl methyl sites for hydroxylation is 1. The quantitative estimate of drug-likeness (QED) is 0.545. The van der Waals surface area contributed by atoms with Gasteiger partial charge in [0.25, 0.3) is 0 Å². The summed E-state index contributed by atoms with van der Waals surface area (Å²) in [6.45, 7) is 0. The third kappa shape index (κ3) is 6.81. The Balaban J connectivity index is 2.74. The Kier molecular flexibility index (Phi) is 7.22. The second-order valence-electron chi connectivity index (χ2n) is 4.88. The number of hydrogen-bond donors (Lipinski definition) is 3. The summed E-state index contributed by atoms with van der Waals surface area (Å²) in [6.07, 6.45) is 0.0854. The molecule has 0 aliphatic carbocycles. The molecule has 1 aromatic rings. The van der Waals surface area contributed by atoms with E-state index in [0.717, 1.165) is 5.56 Å². The van der Waals surface area contributed by atoms with Crippen LogP contribution in [0.5, 0.6) is 5.75 Å². The van der Waals surface area contributed by atoms with E-state index in [1.807, 2.05) is 0 Å². The summed E-state index contributed by atoms with van der Waals surface area (Å²) >= 11 is 0. The van der Waals surface area contributed by atoms with Crippen molar-refractivity contribution in [3.8, 4) is 5.75 Å². The molecule has 8 nitrogen and oxygen atoms in total. The predicted octanol–water partition coefficient (Wildman–Crippen LogP) is 1.72. The maximum absolute atomic E-state index is 12.5. The summed E-state index contributed by atoms with van der Waals surface area (Å²) in [4.78, 5) is 21.3. The number of hydrogen-bond acceptors (Lipinski definition) is 6. The van der Waals surface area contributed by atoms with Crippen molar-refractivity contribution >= 4 is 19.5 Å². The molecule has 23 heavy (non-hydrogen) atoms. The van der Waals surface area contributed by atoms with E-state index in [9.17, 15) is 14.2 Å². The molecule has 9 heteroatoms. The van der Waals surface area contributed by atoms with Gasteiger partial charge in [-0.05, 0) is 30.5 Å². The molecule has 2 atom stereocenters. The number of nitrogens with two attached hydrogens (primary N) is 1. The van der Waals surface area contributed by atoms with Gasteiger partial charge in [-0.3, -0.25) is 9.59 Å². The molecule has 0 saturated heterocycles. The average Bonchev–Trinajstić information content (AvgIpc) is 2.51. The Bertz CT molecular complexity index is 605. The van der Waals surface area contributed by atoms with E-state index in [1.54, 1.807) is 24.3 Å². The van der Waals surface area contributed by atoms with E-state index in [-0.39, 0.29) is 24.8 Å². The number of carboxylic acids is 2. The first-order valence-electron chi connectivity index (χ1n) is 6.89. The number of aliphatic carboxylic acids is 2. The Morgan fingerprint density at radius 3 is 2.61 bits per heavy atom. The van der Waals surface area contributed by atoms with Crippen molar-refractivity contribution in [3.05, 3.63) is 29.8 Å². The Morgan fingerprint density at radius 2 is 2.04 bits per heavy atom. The van der Waals surface area contributed by atoms with Gasteiger partial charge in [0.2, 0.25) is 0 Å². The Labute approximate surface area is 133 Å². The molecule has 0 radical (unpaired) electrons. The van der Waals surface area contributed by atoms with Gasteiger partial charge in [-0.1, -0.05) is 12.1 Å². The molecule has 1 aromatic carbocycles. The van der Waals surface area contributed by atoms with E-state index in [2.05, 4.69) is 0 Å². The summed E-state index contributed by atoms with van der Waals surface area (Å²) in [6, 6.07) is 5.37. The van der Waals surface area contributed by atoms with Gasteiger partial charge >= 0.3 is 19.5 Å². The first-order chi connectivity index (χ1) is 10.8. The van der Waals surface area contributed by atoms with Crippen LogP contribution in [0, 0.1) is 0 Å². The first kappa shape index (κ1) is 19.2. The van der Waals surface area contributed by atoms with E-state index in [4.69, 9.17) is 25.0 Å². The van der Waals surface area contributed by atoms with Crippen molar-refractivity contribution in [2.75, 3.05) is 13.3 Å². The lowest BCUT2D eigenvalue weighted by molar-refractivity contribution is -0.139. The van der Waals surface area contributed by atoms with E-state index in [0.29, 0.717) is 6.42 Å². The van der Waals surface area contributed by atoms with Crippen molar-refractivity contribution in [1.29, 1.82) is 0 Å². The molecule has 0 aliphatic heterocycles. The van der Waals surface area contributed by atoms with Gasteiger partial charge in [0.05, 0.1) is 6.16 Å². The van der Waals surface area contributed by atoms with Gasteiger partial charge in [-0.25, -0.2) is 4.57 Å². The van der Waals surface area contributed by atoms with Crippen LogP contribution in [0.2, 0.25) is 0 Å². The first-order valence-corrected chi connectivity index (χ1v) is 8.62. The molecule has 0 spiro atoms. The van der Waals surface area contributed by atoms with Crippen LogP contribution in [-0.4, -0.2) is 41.5 Å².